The number of methoxy groups -OCH3 is 1. The lowest BCUT2D eigenvalue weighted by Crippen LogP contribution is -2.23. The first-order chi connectivity index (χ1) is 7.79. The molecule has 0 bridgehead atoms. The zero-order chi connectivity index (χ0) is 11.4. The van der Waals surface area contributed by atoms with Gasteiger partial charge >= 0.3 is 0 Å². The summed E-state index contributed by atoms with van der Waals surface area (Å²) in [6, 6.07) is 2.33. The number of hydrogen-bond donors (Lipinski definition) is 2. The second-order valence-electron chi connectivity index (χ2n) is 4.29. The average molecular weight is 221 g/mol. The molecule has 1 aliphatic carbocycles. The van der Waals surface area contributed by atoms with Gasteiger partial charge in [0.05, 0.1) is 19.0 Å². The van der Waals surface area contributed by atoms with Crippen LogP contribution in [0.25, 0.3) is 0 Å². The monoisotopic (exact) mass is 221 g/mol. The first-order valence-electron chi connectivity index (χ1n) is 5.85. The van der Waals surface area contributed by atoms with Gasteiger partial charge in [0.25, 0.3) is 0 Å². The highest BCUT2D eigenvalue weighted by molar-refractivity contribution is 5.63. The number of hydrogen-bond acceptors (Lipinski definition) is 4. The summed E-state index contributed by atoms with van der Waals surface area (Å²) in [5.41, 5.74) is 6.57. The van der Waals surface area contributed by atoms with Crippen molar-refractivity contribution in [3.63, 3.8) is 0 Å². The molecule has 1 heterocycles. The van der Waals surface area contributed by atoms with Crippen LogP contribution in [0.3, 0.4) is 0 Å². The minimum atomic E-state index is 0.525. The van der Waals surface area contributed by atoms with Gasteiger partial charge in [-0.15, -0.1) is 0 Å². The van der Waals surface area contributed by atoms with Crippen molar-refractivity contribution in [3.05, 3.63) is 12.3 Å². The number of nitrogens with zero attached hydrogens (tertiary/aromatic N) is 1. The van der Waals surface area contributed by atoms with E-state index < -0.39 is 0 Å². The molecule has 0 unspecified atom stereocenters. The van der Waals surface area contributed by atoms with Gasteiger partial charge in [0.2, 0.25) is 0 Å². The highest BCUT2D eigenvalue weighted by Crippen LogP contribution is 2.25. The lowest BCUT2D eigenvalue weighted by atomic mass is 9.95. The van der Waals surface area contributed by atoms with E-state index in [4.69, 9.17) is 10.5 Å². The summed E-state index contributed by atoms with van der Waals surface area (Å²) in [5, 5.41) is 3.41. The van der Waals surface area contributed by atoms with Crippen molar-refractivity contribution in [2.45, 2.75) is 38.1 Å². The van der Waals surface area contributed by atoms with Crippen LogP contribution >= 0.6 is 0 Å². The molecule has 4 nitrogen and oxygen atoms in total. The summed E-state index contributed by atoms with van der Waals surface area (Å²) < 4.78 is 5.07. The van der Waals surface area contributed by atoms with Gasteiger partial charge in [0, 0.05) is 12.1 Å². The van der Waals surface area contributed by atoms with Gasteiger partial charge in [-0.25, -0.2) is 4.98 Å². The Morgan fingerprint density at radius 1 is 1.38 bits per heavy atom. The van der Waals surface area contributed by atoms with Gasteiger partial charge in [0.15, 0.2) is 0 Å². The summed E-state index contributed by atoms with van der Waals surface area (Å²) in [6.07, 6.45) is 8.08. The molecule has 2 rings (SSSR count). The molecule has 0 spiro atoms. The smallest absolute Gasteiger partial charge is 0.149 e. The molecule has 16 heavy (non-hydrogen) atoms. The Labute approximate surface area is 96.2 Å². The third-order valence-electron chi connectivity index (χ3n) is 3.07. The number of nitrogens with one attached hydrogen (secondary N) is 1. The SMILES string of the molecule is COc1cnc(NC2CCCCC2)c(N)c1. The molecule has 1 fully saturated rings. The predicted molar refractivity (Wildman–Crippen MR) is 65.7 cm³/mol. The average Bonchev–Trinajstić information content (AvgIpc) is 2.33. The zero-order valence-corrected chi connectivity index (χ0v) is 9.70. The third kappa shape index (κ3) is 2.56. The second kappa shape index (κ2) is 5.05. The fourth-order valence-electron chi connectivity index (χ4n) is 2.13. The molecule has 0 radical (unpaired) electrons. The van der Waals surface area contributed by atoms with E-state index in [1.54, 1.807) is 19.4 Å². The highest BCUT2D eigenvalue weighted by atomic mass is 16.5. The molecule has 1 aliphatic rings. The van der Waals surface area contributed by atoms with Crippen molar-refractivity contribution in [1.29, 1.82) is 0 Å². The molecule has 1 aromatic rings. The van der Waals surface area contributed by atoms with Crippen molar-refractivity contribution in [2.24, 2.45) is 0 Å². The zero-order valence-electron chi connectivity index (χ0n) is 9.70. The Balaban J connectivity index is 2.03. The number of nitrogens with two attached hydrogens (primary N) is 1. The first-order valence-corrected chi connectivity index (χ1v) is 5.85. The van der Waals surface area contributed by atoms with Crippen molar-refractivity contribution < 1.29 is 4.74 Å². The van der Waals surface area contributed by atoms with E-state index >= 15 is 0 Å². The minimum absolute atomic E-state index is 0.525. The van der Waals surface area contributed by atoms with Crippen LogP contribution in [0.4, 0.5) is 11.5 Å². The Morgan fingerprint density at radius 2 is 2.12 bits per heavy atom. The van der Waals surface area contributed by atoms with Gasteiger partial charge in [-0.2, -0.15) is 0 Å². The summed E-state index contributed by atoms with van der Waals surface area (Å²) >= 11 is 0. The molecular weight excluding hydrogens is 202 g/mol. The predicted octanol–water partition coefficient (Wildman–Crippen LogP) is 2.42. The number of aromatic nitrogens is 1. The van der Waals surface area contributed by atoms with Crippen molar-refractivity contribution >= 4 is 11.5 Å². The van der Waals surface area contributed by atoms with Crippen LogP contribution in [0, 0.1) is 0 Å². The molecule has 4 heteroatoms. The molecule has 1 saturated carbocycles. The Hall–Kier alpha value is -1.45. The molecule has 1 aromatic heterocycles. The molecule has 0 saturated heterocycles. The van der Waals surface area contributed by atoms with E-state index in [1.165, 1.54) is 32.1 Å². The summed E-state index contributed by atoms with van der Waals surface area (Å²) in [4.78, 5) is 4.28. The fraction of sp³-hybridized carbons (Fsp3) is 0.583. The number of ether oxygens (including phenoxy) is 1. The maximum atomic E-state index is 5.91. The van der Waals surface area contributed by atoms with Crippen LogP contribution in [0.2, 0.25) is 0 Å². The molecular formula is C12H19N3O. The fourth-order valence-corrected chi connectivity index (χ4v) is 2.13. The lowest BCUT2D eigenvalue weighted by Gasteiger charge is -2.23. The number of rotatable bonds is 3. The molecule has 88 valence electrons. The third-order valence-corrected chi connectivity index (χ3v) is 3.07. The first kappa shape index (κ1) is 11.0. The standard InChI is InChI=1S/C12H19N3O/c1-16-10-7-11(13)12(14-8-10)15-9-5-3-2-4-6-9/h7-9H,2-6,13H2,1H3,(H,14,15). The Bertz CT molecular complexity index is 348. The van der Waals surface area contributed by atoms with E-state index in [-0.39, 0.29) is 0 Å². The van der Waals surface area contributed by atoms with Gasteiger partial charge < -0.3 is 15.8 Å². The van der Waals surface area contributed by atoms with E-state index in [0.717, 1.165) is 5.82 Å². The summed E-state index contributed by atoms with van der Waals surface area (Å²) in [6.45, 7) is 0. The van der Waals surface area contributed by atoms with Crippen LogP contribution in [-0.2, 0) is 0 Å². The summed E-state index contributed by atoms with van der Waals surface area (Å²) in [7, 11) is 1.62. The maximum Gasteiger partial charge on any atom is 0.149 e. The largest absolute Gasteiger partial charge is 0.495 e. The molecule has 0 atom stereocenters. The maximum absolute atomic E-state index is 5.91. The molecule has 0 aromatic carbocycles. The molecule has 0 aliphatic heterocycles. The van der Waals surface area contributed by atoms with Gasteiger partial charge in [-0.05, 0) is 12.8 Å². The van der Waals surface area contributed by atoms with E-state index in [0.29, 0.717) is 17.5 Å². The van der Waals surface area contributed by atoms with Crippen molar-refractivity contribution in [2.75, 3.05) is 18.2 Å². The quantitative estimate of drug-likeness (QED) is 0.823. The number of nitrogen functional groups attached to an aromatic ring is 1. The van der Waals surface area contributed by atoms with Gasteiger partial charge in [-0.3, -0.25) is 0 Å². The van der Waals surface area contributed by atoms with Crippen molar-refractivity contribution in [1.82, 2.24) is 4.98 Å². The van der Waals surface area contributed by atoms with E-state index in [2.05, 4.69) is 10.3 Å². The van der Waals surface area contributed by atoms with Gasteiger partial charge in [-0.1, -0.05) is 19.3 Å². The number of anilines is 2. The topological polar surface area (TPSA) is 60.2 Å². The van der Waals surface area contributed by atoms with Crippen LogP contribution in [-0.4, -0.2) is 18.1 Å². The summed E-state index contributed by atoms with van der Waals surface area (Å²) in [5.74, 6) is 1.49. The molecule has 0 amide bonds. The van der Waals surface area contributed by atoms with E-state index in [9.17, 15) is 0 Å². The minimum Gasteiger partial charge on any atom is -0.495 e. The van der Waals surface area contributed by atoms with Crippen LogP contribution in [0.5, 0.6) is 5.75 Å². The van der Waals surface area contributed by atoms with Crippen LogP contribution < -0.4 is 15.8 Å². The van der Waals surface area contributed by atoms with Crippen LogP contribution in [0.15, 0.2) is 12.3 Å². The Kier molecular flexibility index (Phi) is 3.49. The second-order valence-corrected chi connectivity index (χ2v) is 4.29. The Morgan fingerprint density at radius 3 is 2.75 bits per heavy atom. The van der Waals surface area contributed by atoms with Gasteiger partial charge in [0.1, 0.15) is 11.6 Å². The lowest BCUT2D eigenvalue weighted by molar-refractivity contribution is 0.413. The normalized spacial score (nSPS) is 17.1. The highest BCUT2D eigenvalue weighted by Gasteiger charge is 2.14. The number of pyridine rings is 1. The van der Waals surface area contributed by atoms with E-state index in [1.807, 2.05) is 0 Å². The van der Waals surface area contributed by atoms with Crippen LogP contribution in [0.1, 0.15) is 32.1 Å². The van der Waals surface area contributed by atoms with Crippen molar-refractivity contribution in [3.8, 4) is 5.75 Å². The molecule has 3 N–H and O–H groups in total.